The predicted molar refractivity (Wildman–Crippen MR) is 186 cm³/mol. The Bertz CT molecular complexity index is 2200. The van der Waals surface area contributed by atoms with Crippen LogP contribution >= 0.6 is 0 Å². The molecule has 1 unspecified atom stereocenters. The first kappa shape index (κ1) is 31.4. The molecule has 0 fully saturated rings. The van der Waals surface area contributed by atoms with Gasteiger partial charge < -0.3 is 38.9 Å². The topological polar surface area (TPSA) is 122 Å². The van der Waals surface area contributed by atoms with Crippen LogP contribution in [0.2, 0.25) is 0 Å². The average Bonchev–Trinajstić information content (AvgIpc) is 3.71. The van der Waals surface area contributed by atoms with Crippen molar-refractivity contribution >= 4 is 45.1 Å². The van der Waals surface area contributed by atoms with E-state index in [1.807, 2.05) is 42.5 Å². The smallest absolute Gasteiger partial charge is 0.355 e. The summed E-state index contributed by atoms with van der Waals surface area (Å²) in [4.78, 5) is 32.7. The minimum absolute atomic E-state index is 0.161. The van der Waals surface area contributed by atoms with Crippen molar-refractivity contribution in [3.63, 3.8) is 0 Å². The molecule has 0 spiro atoms. The molecule has 1 aliphatic heterocycles. The number of nitrogens with one attached hydrogen (secondary N) is 2. The maximum Gasteiger partial charge on any atom is 0.355 e. The third-order valence-corrected chi connectivity index (χ3v) is 8.58. The van der Waals surface area contributed by atoms with Crippen LogP contribution in [-0.2, 0) is 21.6 Å². The summed E-state index contributed by atoms with van der Waals surface area (Å²) in [6.45, 7) is 1.91. The first-order valence-electron chi connectivity index (χ1n) is 15.7. The van der Waals surface area contributed by atoms with Crippen molar-refractivity contribution in [2.24, 2.45) is 0 Å². The van der Waals surface area contributed by atoms with E-state index in [0.717, 1.165) is 16.6 Å². The number of para-hydroxylation sites is 1. The van der Waals surface area contributed by atoms with Crippen LogP contribution in [0.15, 0.2) is 97.2 Å². The van der Waals surface area contributed by atoms with Crippen LogP contribution in [0.3, 0.4) is 0 Å². The van der Waals surface area contributed by atoms with E-state index >= 15 is 0 Å². The van der Waals surface area contributed by atoms with Crippen LogP contribution < -0.4 is 29.6 Å². The molecule has 0 saturated heterocycles. The molecule has 0 saturated carbocycles. The van der Waals surface area contributed by atoms with E-state index in [1.165, 1.54) is 0 Å². The lowest BCUT2D eigenvalue weighted by Crippen LogP contribution is -2.51. The molecule has 49 heavy (non-hydrogen) atoms. The number of anilines is 2. The lowest BCUT2D eigenvalue weighted by atomic mass is 10.0. The quantitative estimate of drug-likeness (QED) is 0.148. The van der Waals surface area contributed by atoms with Gasteiger partial charge in [0.05, 0.1) is 39.0 Å². The van der Waals surface area contributed by atoms with Crippen molar-refractivity contribution < 1.29 is 33.3 Å². The Balaban J connectivity index is 1.35. The Hall–Kier alpha value is -6.23. The Morgan fingerprint density at radius 1 is 0.857 bits per heavy atom. The van der Waals surface area contributed by atoms with Gasteiger partial charge in [0.1, 0.15) is 22.9 Å². The second kappa shape index (κ2) is 12.8. The van der Waals surface area contributed by atoms with E-state index in [1.54, 1.807) is 87.5 Å². The van der Waals surface area contributed by atoms with Crippen molar-refractivity contribution in [1.82, 2.24) is 9.55 Å². The molecule has 11 nitrogen and oxygen atoms in total. The van der Waals surface area contributed by atoms with Crippen molar-refractivity contribution in [2.75, 3.05) is 38.6 Å². The summed E-state index contributed by atoms with van der Waals surface area (Å²) < 4.78 is 30.0. The van der Waals surface area contributed by atoms with Gasteiger partial charge in [-0.15, -0.1) is 0 Å². The molecule has 4 aromatic carbocycles. The highest BCUT2D eigenvalue weighted by atomic mass is 16.5. The van der Waals surface area contributed by atoms with Crippen molar-refractivity contribution in [2.45, 2.75) is 19.0 Å². The molecule has 2 aromatic heterocycles. The highest BCUT2D eigenvalue weighted by Crippen LogP contribution is 2.42. The lowest BCUT2D eigenvalue weighted by molar-refractivity contribution is -0.123. The number of benzene rings is 4. The van der Waals surface area contributed by atoms with Gasteiger partial charge in [-0.3, -0.25) is 9.78 Å². The number of amides is 1. The molecule has 3 heterocycles. The number of nitrogens with zero attached hydrogens (tertiary/aromatic N) is 2. The van der Waals surface area contributed by atoms with E-state index in [0.29, 0.717) is 50.9 Å². The molecule has 0 aliphatic carbocycles. The minimum atomic E-state index is -1.43. The number of esters is 1. The molecule has 0 radical (unpaired) electrons. The second-order valence-corrected chi connectivity index (χ2v) is 11.4. The fourth-order valence-electron chi connectivity index (χ4n) is 6.33. The molecule has 1 aliphatic rings. The Labute approximate surface area is 282 Å². The van der Waals surface area contributed by atoms with E-state index in [2.05, 4.69) is 15.6 Å². The summed E-state index contributed by atoms with van der Waals surface area (Å²) in [7, 11) is 4.71. The number of fused-ring (bicyclic) bond motifs is 3. The number of methoxy groups -OCH3 is 3. The first-order chi connectivity index (χ1) is 23.9. The molecule has 11 heteroatoms. The number of carbonyl (C=O) groups is 2. The largest absolute Gasteiger partial charge is 0.497 e. The van der Waals surface area contributed by atoms with E-state index < -0.39 is 11.6 Å². The summed E-state index contributed by atoms with van der Waals surface area (Å²) in [5.74, 6) is 1.84. The summed E-state index contributed by atoms with van der Waals surface area (Å²) in [5, 5.41) is 7.93. The highest BCUT2D eigenvalue weighted by molar-refractivity contribution is 6.04. The normalized spacial score (nSPS) is 14.9. The van der Waals surface area contributed by atoms with Gasteiger partial charge >= 0.3 is 5.97 Å². The zero-order chi connectivity index (χ0) is 34.1. The Morgan fingerprint density at radius 2 is 1.67 bits per heavy atom. The van der Waals surface area contributed by atoms with Gasteiger partial charge in [0.15, 0.2) is 11.5 Å². The molecule has 248 valence electrons. The first-order valence-corrected chi connectivity index (χ1v) is 15.7. The van der Waals surface area contributed by atoms with E-state index in [9.17, 15) is 9.59 Å². The maximum atomic E-state index is 14.6. The zero-order valence-corrected chi connectivity index (χ0v) is 27.4. The van der Waals surface area contributed by atoms with Crippen molar-refractivity contribution in [3.8, 4) is 28.7 Å². The van der Waals surface area contributed by atoms with E-state index in [4.69, 9.17) is 23.7 Å². The summed E-state index contributed by atoms with van der Waals surface area (Å²) in [5.41, 5.74) is 2.33. The minimum Gasteiger partial charge on any atom is -0.497 e. The van der Waals surface area contributed by atoms with Crippen LogP contribution in [-0.4, -0.2) is 49.4 Å². The van der Waals surface area contributed by atoms with Gasteiger partial charge in [-0.25, -0.2) is 4.79 Å². The highest BCUT2D eigenvalue weighted by Gasteiger charge is 2.48. The molecule has 7 rings (SSSR count). The third kappa shape index (κ3) is 5.58. The fraction of sp³-hybridized carbons (Fsp3) is 0.184. The molecule has 6 aromatic rings. The van der Waals surface area contributed by atoms with Gasteiger partial charge in [0, 0.05) is 46.9 Å². The second-order valence-electron chi connectivity index (χ2n) is 11.4. The fourth-order valence-corrected chi connectivity index (χ4v) is 6.33. The van der Waals surface area contributed by atoms with Crippen LogP contribution in [0.5, 0.6) is 28.7 Å². The summed E-state index contributed by atoms with van der Waals surface area (Å²) >= 11 is 0. The predicted octanol–water partition coefficient (Wildman–Crippen LogP) is 7.14. The standard InChI is InChI=1S/C38H34N4O7/c1-5-48-36(43)32-18-24-17-27(49-33-15-16-39-30-21-35(47-4)34(46-3)20-28(30)33)13-14-31(24)42(32)38(22-23-9-6-7-12-29(23)41-38)37(44)40-25-10-8-11-26(19-25)45-2/h6-21,41H,5,22H2,1-4H3,(H,40,44). The number of hydrogen-bond acceptors (Lipinski definition) is 9. The van der Waals surface area contributed by atoms with Gasteiger partial charge in [-0.2, -0.15) is 0 Å². The number of hydrogen-bond donors (Lipinski definition) is 2. The third-order valence-electron chi connectivity index (χ3n) is 8.58. The number of ether oxygens (including phenoxy) is 5. The maximum absolute atomic E-state index is 14.6. The molecule has 0 bridgehead atoms. The van der Waals surface area contributed by atoms with Gasteiger partial charge in [0.25, 0.3) is 5.91 Å². The van der Waals surface area contributed by atoms with Gasteiger partial charge in [0.2, 0.25) is 5.66 Å². The van der Waals surface area contributed by atoms with Crippen LogP contribution in [0.1, 0.15) is 23.0 Å². The average molecular weight is 659 g/mol. The molecule has 1 atom stereocenters. The van der Waals surface area contributed by atoms with Gasteiger partial charge in [-0.05, 0) is 67.1 Å². The van der Waals surface area contributed by atoms with Crippen molar-refractivity contribution in [1.29, 1.82) is 0 Å². The summed E-state index contributed by atoms with van der Waals surface area (Å²) in [6.07, 6.45) is 1.92. The SMILES string of the molecule is CCOC(=O)c1cc2cc(Oc3ccnc4cc(OC)c(OC)cc34)ccc2n1C1(C(=O)Nc2cccc(OC)c2)Cc2ccccc2N1. The summed E-state index contributed by atoms with van der Waals surface area (Å²) in [6, 6.07) is 27.4. The molecular formula is C38H34N4O7. The van der Waals surface area contributed by atoms with E-state index in [-0.39, 0.29) is 24.6 Å². The lowest BCUT2D eigenvalue weighted by Gasteiger charge is -2.33. The van der Waals surface area contributed by atoms with Gasteiger partial charge in [-0.1, -0.05) is 24.3 Å². The zero-order valence-electron chi connectivity index (χ0n) is 27.4. The van der Waals surface area contributed by atoms with Crippen LogP contribution in [0, 0.1) is 0 Å². The molecule has 2 N–H and O–H groups in total. The number of carbonyl (C=O) groups excluding carboxylic acids is 2. The van der Waals surface area contributed by atoms with Crippen LogP contribution in [0.25, 0.3) is 21.8 Å². The number of pyridine rings is 1. The van der Waals surface area contributed by atoms with Crippen molar-refractivity contribution in [3.05, 3.63) is 108 Å². The number of rotatable bonds is 10. The monoisotopic (exact) mass is 658 g/mol. The number of aromatic nitrogens is 2. The Kier molecular flexibility index (Phi) is 8.17. The Morgan fingerprint density at radius 3 is 2.45 bits per heavy atom. The van der Waals surface area contributed by atoms with Crippen LogP contribution in [0.4, 0.5) is 11.4 Å². The molecule has 1 amide bonds. The molecular weight excluding hydrogens is 624 g/mol.